The number of aromatic nitrogens is 1. The topological polar surface area (TPSA) is 70.0 Å². The molecular weight excluding hydrogens is 372 g/mol. The number of ether oxygens (including phenoxy) is 3. The highest BCUT2D eigenvalue weighted by Crippen LogP contribution is 2.28. The molecule has 1 aromatic carbocycles. The van der Waals surface area contributed by atoms with Gasteiger partial charge >= 0.3 is 5.97 Å². The first-order chi connectivity index (χ1) is 14.1. The van der Waals surface area contributed by atoms with E-state index in [1.807, 2.05) is 39.9 Å². The van der Waals surface area contributed by atoms with Crippen molar-refractivity contribution in [2.24, 2.45) is 0 Å². The molecule has 1 fully saturated rings. The van der Waals surface area contributed by atoms with Gasteiger partial charge in [-0.15, -0.1) is 0 Å². The number of piperidine rings is 1. The van der Waals surface area contributed by atoms with Crippen molar-refractivity contribution in [1.29, 1.82) is 0 Å². The molecule has 1 aliphatic rings. The summed E-state index contributed by atoms with van der Waals surface area (Å²) in [6.45, 7) is 1.27. The molecule has 0 radical (unpaired) electrons. The van der Waals surface area contributed by atoms with Crippen molar-refractivity contribution in [3.63, 3.8) is 0 Å². The summed E-state index contributed by atoms with van der Waals surface area (Å²) >= 11 is 0. The minimum atomic E-state index is -0.341. The van der Waals surface area contributed by atoms with Gasteiger partial charge in [-0.1, -0.05) is 6.07 Å². The third-order valence-electron chi connectivity index (χ3n) is 5.17. The molecule has 29 heavy (non-hydrogen) atoms. The average molecular weight is 398 g/mol. The number of hydrogen-bond donors (Lipinski definition) is 0. The number of rotatable bonds is 6. The molecule has 0 N–H and O–H groups in total. The number of nitrogens with zero attached hydrogens (tertiary/aromatic N) is 2. The fourth-order valence-corrected chi connectivity index (χ4v) is 3.58. The molecule has 0 aliphatic carbocycles. The number of likely N-dealkylation sites (tertiary alicyclic amines) is 1. The zero-order valence-corrected chi connectivity index (χ0v) is 17.0. The summed E-state index contributed by atoms with van der Waals surface area (Å²) in [7, 11) is 4.55. The van der Waals surface area contributed by atoms with E-state index in [2.05, 4.69) is 0 Å². The largest absolute Gasteiger partial charge is 0.493 e. The number of amides is 1. The lowest BCUT2D eigenvalue weighted by atomic mass is 10.0. The maximum atomic E-state index is 12.6. The molecule has 7 heteroatoms. The molecule has 2 aromatic rings. The van der Waals surface area contributed by atoms with E-state index < -0.39 is 0 Å². The predicted molar refractivity (Wildman–Crippen MR) is 109 cm³/mol. The number of methoxy groups -OCH3 is 3. The van der Waals surface area contributed by atoms with Crippen LogP contribution < -0.4 is 9.47 Å². The van der Waals surface area contributed by atoms with Crippen LogP contribution in [0.15, 0.2) is 42.6 Å². The quantitative estimate of drug-likeness (QED) is 0.552. The van der Waals surface area contributed by atoms with Gasteiger partial charge in [-0.05, 0) is 48.7 Å². The molecule has 0 saturated carbocycles. The molecule has 0 spiro atoms. The highest BCUT2D eigenvalue weighted by Gasteiger charge is 2.25. The summed E-state index contributed by atoms with van der Waals surface area (Å²) < 4.78 is 17.3. The SMILES string of the molecule is COC(=O)c1cccn1C1CCN(C(=O)/C=C/c2ccc(OC)c(OC)c2)CC1. The van der Waals surface area contributed by atoms with Gasteiger partial charge in [-0.2, -0.15) is 0 Å². The predicted octanol–water partition coefficient (Wildman–Crippen LogP) is 3.17. The van der Waals surface area contributed by atoms with Gasteiger partial charge in [0.1, 0.15) is 5.69 Å². The van der Waals surface area contributed by atoms with Gasteiger partial charge in [0.25, 0.3) is 0 Å². The second kappa shape index (κ2) is 9.32. The van der Waals surface area contributed by atoms with E-state index in [4.69, 9.17) is 14.2 Å². The second-order valence-corrected chi connectivity index (χ2v) is 6.80. The highest BCUT2D eigenvalue weighted by atomic mass is 16.5. The minimum absolute atomic E-state index is 0.0288. The Hall–Kier alpha value is -3.22. The van der Waals surface area contributed by atoms with Gasteiger partial charge in [-0.3, -0.25) is 4.79 Å². The van der Waals surface area contributed by atoms with Crippen LogP contribution in [0.25, 0.3) is 6.08 Å². The van der Waals surface area contributed by atoms with Crippen molar-refractivity contribution in [2.75, 3.05) is 34.4 Å². The van der Waals surface area contributed by atoms with Crippen LogP contribution in [-0.4, -0.2) is 55.8 Å². The van der Waals surface area contributed by atoms with E-state index in [0.29, 0.717) is 30.3 Å². The molecule has 1 aliphatic heterocycles. The van der Waals surface area contributed by atoms with Gasteiger partial charge in [0.2, 0.25) is 5.91 Å². The summed E-state index contributed by atoms with van der Waals surface area (Å²) in [4.78, 5) is 26.3. The van der Waals surface area contributed by atoms with Crippen molar-refractivity contribution in [2.45, 2.75) is 18.9 Å². The zero-order chi connectivity index (χ0) is 20.8. The number of benzene rings is 1. The van der Waals surface area contributed by atoms with Crippen LogP contribution in [0.5, 0.6) is 11.5 Å². The normalized spacial score (nSPS) is 14.8. The van der Waals surface area contributed by atoms with Crippen molar-refractivity contribution in [3.8, 4) is 11.5 Å². The first-order valence-corrected chi connectivity index (χ1v) is 9.51. The third kappa shape index (κ3) is 4.62. The van der Waals surface area contributed by atoms with Crippen molar-refractivity contribution in [3.05, 3.63) is 53.9 Å². The molecular formula is C22H26N2O5. The number of carbonyl (C=O) groups is 2. The molecule has 7 nitrogen and oxygen atoms in total. The third-order valence-corrected chi connectivity index (χ3v) is 5.17. The van der Waals surface area contributed by atoms with E-state index in [1.54, 1.807) is 32.4 Å². The molecule has 0 atom stereocenters. The summed E-state index contributed by atoms with van der Waals surface area (Å²) in [5.74, 6) is 0.899. The molecule has 0 bridgehead atoms. The maximum Gasteiger partial charge on any atom is 0.354 e. The van der Waals surface area contributed by atoms with Crippen LogP contribution in [0.1, 0.15) is 34.9 Å². The Kier molecular flexibility index (Phi) is 6.59. The van der Waals surface area contributed by atoms with E-state index in [-0.39, 0.29) is 17.9 Å². The Labute approximate surface area is 170 Å². The Morgan fingerprint density at radius 2 is 1.76 bits per heavy atom. The van der Waals surface area contributed by atoms with E-state index in [9.17, 15) is 9.59 Å². The monoisotopic (exact) mass is 398 g/mol. The minimum Gasteiger partial charge on any atom is -0.493 e. The first kappa shape index (κ1) is 20.5. The molecule has 3 rings (SSSR count). The van der Waals surface area contributed by atoms with Gasteiger partial charge < -0.3 is 23.7 Å². The molecule has 1 aromatic heterocycles. The Morgan fingerprint density at radius 3 is 2.41 bits per heavy atom. The van der Waals surface area contributed by atoms with E-state index >= 15 is 0 Å². The first-order valence-electron chi connectivity index (χ1n) is 9.51. The van der Waals surface area contributed by atoms with Crippen LogP contribution >= 0.6 is 0 Å². The summed E-state index contributed by atoms with van der Waals surface area (Å²) in [5.41, 5.74) is 1.41. The van der Waals surface area contributed by atoms with Gasteiger partial charge in [0.15, 0.2) is 11.5 Å². The number of esters is 1. The molecule has 2 heterocycles. The summed E-state index contributed by atoms with van der Waals surface area (Å²) in [6.07, 6.45) is 6.82. The van der Waals surface area contributed by atoms with Crippen LogP contribution in [0.2, 0.25) is 0 Å². The van der Waals surface area contributed by atoms with Crippen LogP contribution in [0, 0.1) is 0 Å². The maximum absolute atomic E-state index is 12.6. The van der Waals surface area contributed by atoms with Crippen molar-refractivity contribution >= 4 is 18.0 Å². The molecule has 0 unspecified atom stereocenters. The molecule has 1 saturated heterocycles. The Morgan fingerprint density at radius 1 is 1.03 bits per heavy atom. The number of hydrogen-bond acceptors (Lipinski definition) is 5. The van der Waals surface area contributed by atoms with Gasteiger partial charge in [0, 0.05) is 31.4 Å². The Balaban J connectivity index is 1.60. The second-order valence-electron chi connectivity index (χ2n) is 6.80. The lowest BCUT2D eigenvalue weighted by Gasteiger charge is -2.32. The standard InChI is InChI=1S/C22H26N2O5/c1-27-19-8-6-16(15-20(19)28-2)7-9-21(25)23-13-10-17(11-14-23)24-12-4-5-18(24)22(26)29-3/h4-9,12,15,17H,10-11,13-14H2,1-3H3/b9-7+. The van der Waals surface area contributed by atoms with Gasteiger partial charge in [0.05, 0.1) is 21.3 Å². The zero-order valence-electron chi connectivity index (χ0n) is 17.0. The van der Waals surface area contributed by atoms with Crippen LogP contribution in [0.4, 0.5) is 0 Å². The van der Waals surface area contributed by atoms with Crippen molar-refractivity contribution in [1.82, 2.24) is 9.47 Å². The summed E-state index contributed by atoms with van der Waals surface area (Å²) in [5, 5.41) is 0. The van der Waals surface area contributed by atoms with E-state index in [0.717, 1.165) is 18.4 Å². The van der Waals surface area contributed by atoms with Gasteiger partial charge in [-0.25, -0.2) is 4.79 Å². The van der Waals surface area contributed by atoms with Crippen LogP contribution in [-0.2, 0) is 9.53 Å². The fourth-order valence-electron chi connectivity index (χ4n) is 3.58. The molecule has 1 amide bonds. The van der Waals surface area contributed by atoms with E-state index in [1.165, 1.54) is 7.11 Å². The lowest BCUT2D eigenvalue weighted by molar-refractivity contribution is -0.127. The number of carbonyl (C=O) groups excluding carboxylic acids is 2. The lowest BCUT2D eigenvalue weighted by Crippen LogP contribution is -2.38. The molecule has 154 valence electrons. The Bertz CT molecular complexity index is 894. The summed E-state index contributed by atoms with van der Waals surface area (Å²) in [6, 6.07) is 9.29. The van der Waals surface area contributed by atoms with Crippen LogP contribution in [0.3, 0.4) is 0 Å². The fraction of sp³-hybridized carbons (Fsp3) is 0.364. The average Bonchev–Trinajstić information content (AvgIpc) is 3.26. The smallest absolute Gasteiger partial charge is 0.354 e. The van der Waals surface area contributed by atoms with Crippen molar-refractivity contribution < 1.29 is 23.8 Å². The highest BCUT2D eigenvalue weighted by molar-refractivity contribution is 5.92.